The number of hydrogen-bond donors (Lipinski definition) is 3. The summed E-state index contributed by atoms with van der Waals surface area (Å²) in [5.74, 6) is -3.53. The summed E-state index contributed by atoms with van der Waals surface area (Å²) in [6.45, 7) is 0. The average molecular weight is 398 g/mol. The zero-order valence-electron chi connectivity index (χ0n) is 13.6. The molecule has 0 spiro atoms. The van der Waals surface area contributed by atoms with Crippen LogP contribution in [0.5, 0.6) is 0 Å². The van der Waals surface area contributed by atoms with Gasteiger partial charge >= 0.3 is 6.18 Å². The summed E-state index contributed by atoms with van der Waals surface area (Å²) >= 11 is 4.81. The molecular weight excluding hydrogens is 384 g/mol. The number of hydrogen-bond acceptors (Lipinski definition) is 3. The van der Waals surface area contributed by atoms with Crippen LogP contribution in [0.3, 0.4) is 0 Å². The second-order valence-corrected chi connectivity index (χ2v) is 6.51. The summed E-state index contributed by atoms with van der Waals surface area (Å²) in [7, 11) is 0. The van der Waals surface area contributed by atoms with Gasteiger partial charge in [0.2, 0.25) is 5.72 Å². The molecule has 0 saturated carbocycles. The van der Waals surface area contributed by atoms with Crippen molar-refractivity contribution in [2.24, 2.45) is 5.92 Å². The minimum Gasteiger partial charge on any atom is -0.363 e. The molecule has 1 aliphatic heterocycles. The SMILES string of the molecule is O=C(c1ccccc1)[C@H]1[C@@H](c2ccc(F)cc2)NC(=S)N[C@]1(O)C(F)(F)F. The van der Waals surface area contributed by atoms with Crippen molar-refractivity contribution in [2.75, 3.05) is 0 Å². The van der Waals surface area contributed by atoms with Gasteiger partial charge in [0, 0.05) is 5.56 Å². The van der Waals surface area contributed by atoms with Gasteiger partial charge in [-0.25, -0.2) is 4.39 Å². The molecule has 2 aromatic carbocycles. The fraction of sp³-hybridized carbons (Fsp3) is 0.222. The van der Waals surface area contributed by atoms with E-state index in [1.165, 1.54) is 36.4 Å². The maximum absolute atomic E-state index is 13.8. The molecule has 3 rings (SSSR count). The van der Waals surface area contributed by atoms with E-state index in [0.717, 1.165) is 12.1 Å². The van der Waals surface area contributed by atoms with E-state index < -0.39 is 40.6 Å². The highest BCUT2D eigenvalue weighted by atomic mass is 32.1. The summed E-state index contributed by atoms with van der Waals surface area (Å²) in [6, 6.07) is 10.6. The summed E-state index contributed by atoms with van der Waals surface area (Å²) in [6.07, 6.45) is -5.20. The highest BCUT2D eigenvalue weighted by molar-refractivity contribution is 7.80. The molecule has 3 N–H and O–H groups in total. The van der Waals surface area contributed by atoms with Crippen molar-refractivity contribution >= 4 is 23.1 Å². The van der Waals surface area contributed by atoms with Gasteiger partial charge in [-0.15, -0.1) is 0 Å². The lowest BCUT2D eigenvalue weighted by molar-refractivity contribution is -0.285. The van der Waals surface area contributed by atoms with Crippen LogP contribution in [0.1, 0.15) is 22.0 Å². The van der Waals surface area contributed by atoms with Gasteiger partial charge < -0.3 is 15.7 Å². The Balaban J connectivity index is 2.15. The Morgan fingerprint density at radius 2 is 1.67 bits per heavy atom. The van der Waals surface area contributed by atoms with Gasteiger partial charge in [0.15, 0.2) is 10.9 Å². The Kier molecular flexibility index (Phi) is 4.92. The van der Waals surface area contributed by atoms with Crippen LogP contribution in [0.2, 0.25) is 0 Å². The van der Waals surface area contributed by atoms with E-state index in [1.807, 2.05) is 0 Å². The van der Waals surface area contributed by atoms with Crippen LogP contribution in [0, 0.1) is 11.7 Å². The van der Waals surface area contributed by atoms with Gasteiger partial charge in [-0.05, 0) is 29.9 Å². The number of carbonyl (C=O) groups is 1. The summed E-state index contributed by atoms with van der Waals surface area (Å²) in [4.78, 5) is 13.0. The minimum absolute atomic E-state index is 0.00583. The zero-order chi connectivity index (χ0) is 19.8. The lowest BCUT2D eigenvalue weighted by Crippen LogP contribution is -2.72. The Morgan fingerprint density at radius 3 is 2.22 bits per heavy atom. The molecule has 1 saturated heterocycles. The van der Waals surface area contributed by atoms with Crippen LogP contribution >= 0.6 is 12.2 Å². The van der Waals surface area contributed by atoms with Crippen molar-refractivity contribution in [3.63, 3.8) is 0 Å². The number of alkyl halides is 3. The van der Waals surface area contributed by atoms with Gasteiger partial charge in [-0.3, -0.25) is 4.79 Å². The molecule has 1 fully saturated rings. The lowest BCUT2D eigenvalue weighted by atomic mass is 9.77. The molecule has 0 amide bonds. The molecule has 0 bridgehead atoms. The first-order valence-corrected chi connectivity index (χ1v) is 8.27. The number of Topliss-reactive ketones (excluding diaryl/α,β-unsaturated/α-hetero) is 1. The van der Waals surface area contributed by atoms with E-state index in [0.29, 0.717) is 0 Å². The number of thiocarbonyl (C=S) groups is 1. The van der Waals surface area contributed by atoms with Gasteiger partial charge in [-0.1, -0.05) is 42.5 Å². The molecule has 9 heteroatoms. The number of carbonyl (C=O) groups excluding carboxylic acids is 1. The third-order valence-corrected chi connectivity index (χ3v) is 4.60. The fourth-order valence-corrected chi connectivity index (χ4v) is 3.35. The van der Waals surface area contributed by atoms with Crippen LogP contribution < -0.4 is 10.6 Å². The molecule has 2 aromatic rings. The third-order valence-electron chi connectivity index (χ3n) is 4.38. The second kappa shape index (κ2) is 6.90. The van der Waals surface area contributed by atoms with E-state index in [2.05, 4.69) is 5.32 Å². The Labute approximate surface area is 157 Å². The van der Waals surface area contributed by atoms with Crippen molar-refractivity contribution in [3.8, 4) is 0 Å². The van der Waals surface area contributed by atoms with E-state index in [9.17, 15) is 27.5 Å². The normalized spacial score (nSPS) is 25.4. The molecule has 1 aliphatic rings. The number of benzene rings is 2. The maximum atomic E-state index is 13.8. The topological polar surface area (TPSA) is 61.4 Å². The predicted molar refractivity (Wildman–Crippen MR) is 93.3 cm³/mol. The number of ketones is 1. The number of halogens is 4. The fourth-order valence-electron chi connectivity index (χ4n) is 3.07. The van der Waals surface area contributed by atoms with E-state index in [1.54, 1.807) is 11.4 Å². The van der Waals surface area contributed by atoms with Crippen molar-refractivity contribution < 1.29 is 27.5 Å². The molecule has 0 aromatic heterocycles. The molecule has 1 heterocycles. The van der Waals surface area contributed by atoms with Crippen LogP contribution in [-0.2, 0) is 0 Å². The second-order valence-electron chi connectivity index (χ2n) is 6.10. The average Bonchev–Trinajstić information content (AvgIpc) is 2.61. The number of nitrogens with one attached hydrogen (secondary N) is 2. The molecule has 3 atom stereocenters. The highest BCUT2D eigenvalue weighted by Gasteiger charge is 2.65. The highest BCUT2D eigenvalue weighted by Crippen LogP contribution is 2.43. The van der Waals surface area contributed by atoms with Gasteiger partial charge in [0.25, 0.3) is 0 Å². The Morgan fingerprint density at radius 1 is 1.07 bits per heavy atom. The first-order chi connectivity index (χ1) is 12.6. The van der Waals surface area contributed by atoms with E-state index >= 15 is 0 Å². The number of aliphatic hydroxyl groups is 1. The van der Waals surface area contributed by atoms with Crippen LogP contribution in [-0.4, -0.2) is 27.9 Å². The van der Waals surface area contributed by atoms with E-state index in [4.69, 9.17) is 12.2 Å². The molecule has 142 valence electrons. The van der Waals surface area contributed by atoms with E-state index in [-0.39, 0.29) is 11.1 Å². The predicted octanol–water partition coefficient (Wildman–Crippen LogP) is 3.09. The van der Waals surface area contributed by atoms with Crippen LogP contribution in [0.4, 0.5) is 17.6 Å². The van der Waals surface area contributed by atoms with Crippen molar-refractivity contribution in [3.05, 3.63) is 71.5 Å². The summed E-state index contributed by atoms with van der Waals surface area (Å²) in [5, 5.41) is 14.4. The lowest BCUT2D eigenvalue weighted by Gasteiger charge is -2.46. The Bertz CT molecular complexity index is 858. The first kappa shape index (κ1) is 19.2. The van der Waals surface area contributed by atoms with Gasteiger partial charge in [0.05, 0.1) is 6.04 Å². The van der Waals surface area contributed by atoms with Crippen molar-refractivity contribution in [1.29, 1.82) is 0 Å². The quantitative estimate of drug-likeness (QED) is 0.421. The molecule has 0 unspecified atom stereocenters. The molecular formula is C18H14F4N2O2S. The zero-order valence-corrected chi connectivity index (χ0v) is 14.4. The molecule has 0 aliphatic carbocycles. The third kappa shape index (κ3) is 3.52. The van der Waals surface area contributed by atoms with Crippen LogP contribution in [0.15, 0.2) is 54.6 Å². The van der Waals surface area contributed by atoms with Gasteiger partial charge in [-0.2, -0.15) is 13.2 Å². The van der Waals surface area contributed by atoms with Crippen molar-refractivity contribution in [2.45, 2.75) is 17.9 Å². The molecule has 27 heavy (non-hydrogen) atoms. The maximum Gasteiger partial charge on any atom is 0.437 e. The largest absolute Gasteiger partial charge is 0.437 e. The first-order valence-electron chi connectivity index (χ1n) is 7.86. The monoisotopic (exact) mass is 398 g/mol. The molecule has 4 nitrogen and oxygen atoms in total. The number of rotatable bonds is 3. The summed E-state index contributed by atoms with van der Waals surface area (Å²) < 4.78 is 54.5. The summed E-state index contributed by atoms with van der Waals surface area (Å²) in [5.41, 5.74) is -3.42. The smallest absolute Gasteiger partial charge is 0.363 e. The minimum atomic E-state index is -5.20. The Hall–Kier alpha value is -2.52. The molecule has 0 radical (unpaired) electrons. The van der Waals surface area contributed by atoms with Gasteiger partial charge in [0.1, 0.15) is 11.7 Å². The van der Waals surface area contributed by atoms with Crippen LogP contribution in [0.25, 0.3) is 0 Å². The standard InChI is InChI=1S/C18H14F4N2O2S/c19-12-8-6-10(7-9-12)14-13(15(25)11-4-2-1-3-5-11)17(26,18(20,21)22)24-16(27)23-14/h1-9,13-14,26H,(H2,23,24,27)/t13-,14-,17-/m1/s1. The van der Waals surface area contributed by atoms with Crippen molar-refractivity contribution in [1.82, 2.24) is 10.6 Å².